The van der Waals surface area contributed by atoms with E-state index in [1.165, 1.54) is 0 Å². The van der Waals surface area contributed by atoms with E-state index in [1.807, 2.05) is 42.2 Å². The average Bonchev–Trinajstić information content (AvgIpc) is 2.37. The van der Waals surface area contributed by atoms with Crippen LogP contribution < -0.4 is 0 Å². The second-order valence-corrected chi connectivity index (χ2v) is 4.68. The van der Waals surface area contributed by atoms with Crippen LogP contribution in [0.2, 0.25) is 0 Å². The van der Waals surface area contributed by atoms with Crippen molar-refractivity contribution in [3.63, 3.8) is 0 Å². The molecule has 3 heteroatoms. The van der Waals surface area contributed by atoms with Crippen LogP contribution >= 0.6 is 0 Å². The molecule has 1 saturated heterocycles. The molecule has 1 N–H and O–H groups in total. The molecule has 2 rings (SSSR count). The van der Waals surface area contributed by atoms with E-state index in [4.69, 9.17) is 0 Å². The average molecular weight is 233 g/mol. The van der Waals surface area contributed by atoms with E-state index in [0.717, 1.165) is 24.9 Å². The molecule has 1 aromatic carbocycles. The quantitative estimate of drug-likeness (QED) is 0.867. The normalized spacial score (nSPS) is 22.6. The minimum atomic E-state index is -0.188. The van der Waals surface area contributed by atoms with Crippen LogP contribution in [-0.2, 0) is 4.79 Å². The van der Waals surface area contributed by atoms with Crippen molar-refractivity contribution >= 4 is 5.91 Å². The Hall–Kier alpha value is -1.35. The number of hydrogen-bond donors (Lipinski definition) is 1. The van der Waals surface area contributed by atoms with Gasteiger partial charge < -0.3 is 10.0 Å². The number of benzene rings is 1. The van der Waals surface area contributed by atoms with Gasteiger partial charge in [-0.15, -0.1) is 0 Å². The summed E-state index contributed by atoms with van der Waals surface area (Å²) in [6.45, 7) is 2.71. The van der Waals surface area contributed by atoms with Crippen molar-refractivity contribution in [1.82, 2.24) is 4.90 Å². The van der Waals surface area contributed by atoms with Gasteiger partial charge >= 0.3 is 0 Å². The molecule has 0 bridgehead atoms. The molecule has 0 spiro atoms. The first-order valence-electron chi connectivity index (χ1n) is 6.20. The third-order valence-electron chi connectivity index (χ3n) is 3.47. The lowest BCUT2D eigenvalue weighted by Gasteiger charge is -2.36. The van der Waals surface area contributed by atoms with E-state index >= 15 is 0 Å². The zero-order valence-electron chi connectivity index (χ0n) is 10.2. The number of aliphatic hydroxyl groups is 1. The smallest absolute Gasteiger partial charge is 0.225 e. The highest BCUT2D eigenvalue weighted by Crippen LogP contribution is 2.27. The summed E-state index contributed by atoms with van der Waals surface area (Å²) in [6.07, 6.45) is 1.98. The number of rotatable bonds is 3. The second kappa shape index (κ2) is 5.32. The Morgan fingerprint density at radius 3 is 2.76 bits per heavy atom. The lowest BCUT2D eigenvalue weighted by Crippen LogP contribution is -2.43. The van der Waals surface area contributed by atoms with Crippen molar-refractivity contribution in [1.29, 1.82) is 0 Å². The maximum atomic E-state index is 12.1. The fraction of sp³-hybridized carbons (Fsp3) is 0.500. The van der Waals surface area contributed by atoms with Crippen LogP contribution in [0.3, 0.4) is 0 Å². The highest BCUT2D eigenvalue weighted by molar-refractivity contribution is 5.79. The van der Waals surface area contributed by atoms with E-state index in [2.05, 4.69) is 0 Å². The first-order valence-corrected chi connectivity index (χ1v) is 6.20. The summed E-state index contributed by atoms with van der Waals surface area (Å²) in [5.41, 5.74) is 1.01. The third kappa shape index (κ3) is 2.50. The minimum absolute atomic E-state index is 0.0114. The molecule has 1 amide bonds. The fourth-order valence-corrected chi connectivity index (χ4v) is 2.45. The van der Waals surface area contributed by atoms with Crippen molar-refractivity contribution in [3.8, 4) is 0 Å². The first kappa shape index (κ1) is 12.1. The van der Waals surface area contributed by atoms with Crippen molar-refractivity contribution in [2.45, 2.75) is 25.8 Å². The molecule has 1 fully saturated rings. The van der Waals surface area contributed by atoms with Gasteiger partial charge in [0.2, 0.25) is 5.91 Å². The van der Waals surface area contributed by atoms with Crippen LogP contribution in [0.15, 0.2) is 30.3 Å². The zero-order chi connectivity index (χ0) is 12.3. The maximum Gasteiger partial charge on any atom is 0.225 e. The predicted molar refractivity (Wildman–Crippen MR) is 66.4 cm³/mol. The summed E-state index contributed by atoms with van der Waals surface area (Å²) in [7, 11) is 0. The molecule has 92 valence electrons. The molecule has 0 aromatic heterocycles. The predicted octanol–water partition coefficient (Wildman–Crippen LogP) is 1.98. The van der Waals surface area contributed by atoms with Crippen molar-refractivity contribution in [2.24, 2.45) is 5.92 Å². The molecule has 0 saturated carbocycles. The Balaban J connectivity index is 2.21. The van der Waals surface area contributed by atoms with E-state index < -0.39 is 0 Å². The number of amides is 1. The van der Waals surface area contributed by atoms with Crippen LogP contribution in [0.25, 0.3) is 0 Å². The highest BCUT2D eigenvalue weighted by atomic mass is 16.3. The Bertz CT molecular complexity index is 377. The van der Waals surface area contributed by atoms with Gasteiger partial charge in [0, 0.05) is 12.5 Å². The number of carbonyl (C=O) groups excluding carboxylic acids is 1. The number of hydrogen-bond acceptors (Lipinski definition) is 2. The molecule has 0 radical (unpaired) electrons. The fourth-order valence-electron chi connectivity index (χ4n) is 2.45. The summed E-state index contributed by atoms with van der Waals surface area (Å²) >= 11 is 0. The molecule has 1 aromatic rings. The summed E-state index contributed by atoms with van der Waals surface area (Å²) in [5.74, 6) is 0.251. The maximum absolute atomic E-state index is 12.1. The lowest BCUT2D eigenvalue weighted by atomic mass is 9.95. The third-order valence-corrected chi connectivity index (χ3v) is 3.47. The molecular weight excluding hydrogens is 214 g/mol. The van der Waals surface area contributed by atoms with Crippen molar-refractivity contribution in [2.75, 3.05) is 13.2 Å². The van der Waals surface area contributed by atoms with Gasteiger partial charge in [0.05, 0.1) is 12.6 Å². The van der Waals surface area contributed by atoms with Gasteiger partial charge in [-0.2, -0.15) is 0 Å². The summed E-state index contributed by atoms with van der Waals surface area (Å²) in [5, 5.41) is 9.54. The van der Waals surface area contributed by atoms with Crippen LogP contribution in [0.4, 0.5) is 0 Å². The van der Waals surface area contributed by atoms with Gasteiger partial charge in [0.1, 0.15) is 0 Å². The number of piperidine rings is 1. The second-order valence-electron chi connectivity index (χ2n) is 4.68. The van der Waals surface area contributed by atoms with Crippen LogP contribution in [0.5, 0.6) is 0 Å². The summed E-state index contributed by atoms with van der Waals surface area (Å²) in [6, 6.07) is 9.57. The Labute approximate surface area is 102 Å². The Morgan fingerprint density at radius 1 is 1.41 bits per heavy atom. The van der Waals surface area contributed by atoms with E-state index in [9.17, 15) is 9.90 Å². The topological polar surface area (TPSA) is 40.5 Å². The highest BCUT2D eigenvalue weighted by Gasteiger charge is 2.30. The van der Waals surface area contributed by atoms with Crippen molar-refractivity contribution < 1.29 is 9.90 Å². The zero-order valence-corrected chi connectivity index (χ0v) is 10.2. The molecule has 1 heterocycles. The Morgan fingerprint density at radius 2 is 2.12 bits per heavy atom. The van der Waals surface area contributed by atoms with Crippen LogP contribution in [0, 0.1) is 5.92 Å². The summed E-state index contributed by atoms with van der Waals surface area (Å²) in [4.78, 5) is 13.9. The van der Waals surface area contributed by atoms with E-state index in [0.29, 0.717) is 0 Å². The van der Waals surface area contributed by atoms with E-state index in [-0.39, 0.29) is 24.5 Å². The van der Waals surface area contributed by atoms with Gasteiger partial charge in [-0.3, -0.25) is 4.79 Å². The monoisotopic (exact) mass is 233 g/mol. The Kier molecular flexibility index (Phi) is 3.79. The van der Waals surface area contributed by atoms with Gasteiger partial charge in [-0.25, -0.2) is 0 Å². The SMILES string of the molecule is C[C@@H]1CCCN([C@@H](CO)c2ccccc2)C1=O. The molecular formula is C14H19NO2. The molecule has 2 atom stereocenters. The molecule has 0 unspecified atom stereocenters. The molecule has 3 nitrogen and oxygen atoms in total. The standard InChI is InChI=1S/C14H19NO2/c1-11-6-5-9-15(14(11)17)13(10-16)12-7-3-2-4-8-12/h2-4,7-8,11,13,16H,5-6,9-10H2,1H3/t11-,13+/m1/s1. The van der Waals surface area contributed by atoms with Gasteiger partial charge in [0.15, 0.2) is 0 Å². The number of likely N-dealkylation sites (tertiary alicyclic amines) is 1. The van der Waals surface area contributed by atoms with Crippen molar-refractivity contribution in [3.05, 3.63) is 35.9 Å². The van der Waals surface area contributed by atoms with Gasteiger partial charge in [0.25, 0.3) is 0 Å². The number of carbonyl (C=O) groups is 1. The minimum Gasteiger partial charge on any atom is -0.394 e. The first-order chi connectivity index (χ1) is 8.24. The van der Waals surface area contributed by atoms with Gasteiger partial charge in [-0.05, 0) is 18.4 Å². The largest absolute Gasteiger partial charge is 0.394 e. The van der Waals surface area contributed by atoms with Crippen LogP contribution in [0.1, 0.15) is 31.4 Å². The molecule has 17 heavy (non-hydrogen) atoms. The molecule has 1 aliphatic rings. The van der Waals surface area contributed by atoms with E-state index in [1.54, 1.807) is 0 Å². The number of aliphatic hydroxyl groups excluding tert-OH is 1. The molecule has 1 aliphatic heterocycles. The lowest BCUT2D eigenvalue weighted by molar-refractivity contribution is -0.141. The van der Waals surface area contributed by atoms with Crippen LogP contribution in [-0.4, -0.2) is 29.1 Å². The summed E-state index contributed by atoms with van der Waals surface area (Å²) < 4.78 is 0. The van der Waals surface area contributed by atoms with Gasteiger partial charge in [-0.1, -0.05) is 37.3 Å². The molecule has 0 aliphatic carbocycles. The number of nitrogens with zero attached hydrogens (tertiary/aromatic N) is 1.